The van der Waals surface area contributed by atoms with E-state index in [9.17, 15) is 5.11 Å². The van der Waals surface area contributed by atoms with Gasteiger partial charge in [0.05, 0.1) is 17.8 Å². The smallest absolute Gasteiger partial charge is 0.263 e. The zero-order chi connectivity index (χ0) is 22.4. The molecule has 2 aromatic heterocycles. The van der Waals surface area contributed by atoms with E-state index >= 15 is 0 Å². The lowest BCUT2D eigenvalue weighted by molar-refractivity contribution is 0.0667. The van der Waals surface area contributed by atoms with E-state index in [0.717, 1.165) is 63.2 Å². The monoisotopic (exact) mass is 433 g/mol. The second-order valence-electron chi connectivity index (χ2n) is 9.78. The fraction of sp³-hybridized carbons (Fsp3) is 0.783. The van der Waals surface area contributed by atoms with Crippen LogP contribution in [0.15, 0.2) is 9.05 Å². The minimum atomic E-state index is -0.541. The Hall–Kier alpha value is -1.77. The Morgan fingerprint density at radius 3 is 2.48 bits per heavy atom. The van der Waals surface area contributed by atoms with Crippen LogP contribution in [0.4, 0.5) is 0 Å². The van der Waals surface area contributed by atoms with Crippen molar-refractivity contribution >= 4 is 0 Å². The SMILES string of the molecule is Cc1noc(C)c1-c1nc(CN2CCCN(CCC(C)CCCC(C)(C)O)CC2)no1. The predicted molar refractivity (Wildman–Crippen MR) is 120 cm³/mol. The first-order chi connectivity index (χ1) is 14.7. The Morgan fingerprint density at radius 2 is 1.77 bits per heavy atom. The van der Waals surface area contributed by atoms with E-state index in [1.807, 2.05) is 27.7 Å². The van der Waals surface area contributed by atoms with Gasteiger partial charge in [0.15, 0.2) is 5.82 Å². The van der Waals surface area contributed by atoms with Crippen LogP contribution in [0.25, 0.3) is 11.5 Å². The highest BCUT2D eigenvalue weighted by Crippen LogP contribution is 2.25. The molecule has 0 saturated carbocycles. The third-order valence-corrected chi connectivity index (χ3v) is 6.19. The van der Waals surface area contributed by atoms with Crippen LogP contribution in [0.1, 0.15) is 70.2 Å². The third-order valence-electron chi connectivity index (χ3n) is 6.19. The molecule has 3 rings (SSSR count). The summed E-state index contributed by atoms with van der Waals surface area (Å²) in [6.45, 7) is 16.0. The molecular weight excluding hydrogens is 394 g/mol. The highest BCUT2D eigenvalue weighted by Gasteiger charge is 2.21. The number of aromatic nitrogens is 3. The number of rotatable bonds is 10. The highest BCUT2D eigenvalue weighted by molar-refractivity contribution is 5.57. The lowest BCUT2D eigenvalue weighted by Gasteiger charge is -2.23. The molecule has 0 radical (unpaired) electrons. The molecule has 174 valence electrons. The van der Waals surface area contributed by atoms with Crippen LogP contribution >= 0.6 is 0 Å². The van der Waals surface area contributed by atoms with Gasteiger partial charge in [0.1, 0.15) is 11.3 Å². The Kier molecular flexibility index (Phi) is 8.24. The van der Waals surface area contributed by atoms with Crippen molar-refractivity contribution < 1.29 is 14.2 Å². The minimum Gasteiger partial charge on any atom is -0.390 e. The van der Waals surface area contributed by atoms with Crippen LogP contribution in [0, 0.1) is 19.8 Å². The number of aliphatic hydroxyl groups is 1. The van der Waals surface area contributed by atoms with Crippen molar-refractivity contribution in [1.29, 1.82) is 0 Å². The molecule has 0 aromatic carbocycles. The molecule has 31 heavy (non-hydrogen) atoms. The maximum atomic E-state index is 9.87. The van der Waals surface area contributed by atoms with Crippen molar-refractivity contribution in [3.63, 3.8) is 0 Å². The fourth-order valence-corrected chi connectivity index (χ4v) is 4.24. The topological polar surface area (TPSA) is 91.7 Å². The maximum Gasteiger partial charge on any atom is 0.263 e. The van der Waals surface area contributed by atoms with Crippen molar-refractivity contribution in [2.75, 3.05) is 32.7 Å². The zero-order valence-electron chi connectivity index (χ0n) is 19.9. The summed E-state index contributed by atoms with van der Waals surface area (Å²) in [5, 5.41) is 18.0. The molecular formula is C23H39N5O3. The van der Waals surface area contributed by atoms with Gasteiger partial charge in [0, 0.05) is 13.1 Å². The average molecular weight is 434 g/mol. The Labute approximate surface area is 186 Å². The molecule has 1 saturated heterocycles. The van der Waals surface area contributed by atoms with Crippen LogP contribution < -0.4 is 0 Å². The molecule has 0 aliphatic carbocycles. The number of hydrogen-bond acceptors (Lipinski definition) is 8. The molecule has 1 atom stereocenters. The summed E-state index contributed by atoms with van der Waals surface area (Å²) in [7, 11) is 0. The summed E-state index contributed by atoms with van der Waals surface area (Å²) in [4.78, 5) is 9.57. The predicted octanol–water partition coefficient (Wildman–Crippen LogP) is 3.82. The van der Waals surface area contributed by atoms with Gasteiger partial charge >= 0.3 is 0 Å². The summed E-state index contributed by atoms with van der Waals surface area (Å²) in [5.74, 6) is 2.60. The molecule has 1 aliphatic rings. The van der Waals surface area contributed by atoms with E-state index in [-0.39, 0.29) is 0 Å². The summed E-state index contributed by atoms with van der Waals surface area (Å²) < 4.78 is 10.7. The fourth-order valence-electron chi connectivity index (χ4n) is 4.24. The Bertz CT molecular complexity index is 791. The van der Waals surface area contributed by atoms with Crippen molar-refractivity contribution in [3.05, 3.63) is 17.3 Å². The zero-order valence-corrected chi connectivity index (χ0v) is 19.9. The number of aryl methyl sites for hydroxylation is 2. The van der Waals surface area contributed by atoms with E-state index in [1.54, 1.807) is 0 Å². The molecule has 0 amide bonds. The Morgan fingerprint density at radius 1 is 1.03 bits per heavy atom. The first-order valence-electron chi connectivity index (χ1n) is 11.6. The molecule has 8 heteroatoms. The van der Waals surface area contributed by atoms with Crippen LogP contribution in [-0.4, -0.2) is 68.5 Å². The Balaban J connectivity index is 1.41. The normalized spacial score (nSPS) is 17.7. The molecule has 1 N–H and O–H groups in total. The van der Waals surface area contributed by atoms with Crippen molar-refractivity contribution in [3.8, 4) is 11.5 Å². The third kappa shape index (κ3) is 7.40. The first kappa shape index (κ1) is 23.9. The summed E-state index contributed by atoms with van der Waals surface area (Å²) in [6, 6.07) is 0. The molecule has 8 nitrogen and oxygen atoms in total. The van der Waals surface area contributed by atoms with Gasteiger partial charge in [0.25, 0.3) is 5.89 Å². The van der Waals surface area contributed by atoms with E-state index in [0.29, 0.717) is 29.9 Å². The molecule has 0 bridgehead atoms. The van der Waals surface area contributed by atoms with E-state index in [1.165, 1.54) is 12.8 Å². The first-order valence-corrected chi connectivity index (χ1v) is 11.6. The van der Waals surface area contributed by atoms with Crippen LogP contribution in [0.5, 0.6) is 0 Å². The van der Waals surface area contributed by atoms with Crippen molar-refractivity contribution in [1.82, 2.24) is 25.1 Å². The van der Waals surface area contributed by atoms with Gasteiger partial charge < -0.3 is 19.1 Å². The van der Waals surface area contributed by atoms with Gasteiger partial charge in [-0.3, -0.25) is 4.90 Å². The lowest BCUT2D eigenvalue weighted by Crippen LogP contribution is -2.32. The van der Waals surface area contributed by atoms with E-state index in [4.69, 9.17) is 9.05 Å². The minimum absolute atomic E-state index is 0.487. The second-order valence-corrected chi connectivity index (χ2v) is 9.78. The molecule has 2 aromatic rings. The van der Waals surface area contributed by atoms with Gasteiger partial charge in [-0.15, -0.1) is 0 Å². The standard InChI is InChI=1S/C23H39N5O3/c1-17(8-6-10-23(4,5)29)9-13-27-11-7-12-28(15-14-27)16-20-24-22(31-26-20)21-18(2)25-30-19(21)3/h17,29H,6-16H2,1-5H3. The molecule has 1 unspecified atom stereocenters. The molecule has 1 aliphatic heterocycles. The van der Waals surface area contributed by atoms with Gasteiger partial charge in [-0.1, -0.05) is 30.1 Å². The summed E-state index contributed by atoms with van der Waals surface area (Å²) in [6.07, 6.45) is 5.54. The number of hydrogen-bond donors (Lipinski definition) is 1. The van der Waals surface area contributed by atoms with Gasteiger partial charge in [0.2, 0.25) is 0 Å². The second kappa shape index (κ2) is 10.7. The molecule has 3 heterocycles. The van der Waals surface area contributed by atoms with Crippen LogP contribution in [-0.2, 0) is 6.54 Å². The summed E-state index contributed by atoms with van der Waals surface area (Å²) >= 11 is 0. The van der Waals surface area contributed by atoms with Crippen molar-refractivity contribution in [2.45, 2.75) is 78.9 Å². The van der Waals surface area contributed by atoms with Gasteiger partial charge in [-0.25, -0.2) is 0 Å². The quantitative estimate of drug-likeness (QED) is 0.605. The number of nitrogens with zero attached hydrogens (tertiary/aromatic N) is 5. The maximum absolute atomic E-state index is 9.87. The lowest BCUT2D eigenvalue weighted by atomic mass is 9.95. The van der Waals surface area contributed by atoms with Crippen molar-refractivity contribution in [2.24, 2.45) is 5.92 Å². The molecule has 1 fully saturated rings. The van der Waals surface area contributed by atoms with E-state index < -0.39 is 5.60 Å². The summed E-state index contributed by atoms with van der Waals surface area (Å²) in [5.41, 5.74) is 1.03. The largest absolute Gasteiger partial charge is 0.390 e. The average Bonchev–Trinajstić information content (AvgIpc) is 3.19. The highest BCUT2D eigenvalue weighted by atomic mass is 16.5. The van der Waals surface area contributed by atoms with E-state index in [2.05, 4.69) is 32.0 Å². The van der Waals surface area contributed by atoms with Gasteiger partial charge in [-0.05, 0) is 72.5 Å². The van der Waals surface area contributed by atoms with Gasteiger partial charge in [-0.2, -0.15) is 4.98 Å². The van der Waals surface area contributed by atoms with Crippen LogP contribution in [0.3, 0.4) is 0 Å². The molecule has 0 spiro atoms. The van der Waals surface area contributed by atoms with Crippen LogP contribution in [0.2, 0.25) is 0 Å².